The van der Waals surface area contributed by atoms with Gasteiger partial charge in [-0.3, -0.25) is 9.59 Å². The number of carbonyl (C=O) groups excluding carboxylic acids is 2. The van der Waals surface area contributed by atoms with Gasteiger partial charge in [0.2, 0.25) is 17.7 Å². The van der Waals surface area contributed by atoms with Crippen LogP contribution in [0.2, 0.25) is 0 Å². The molecule has 2 fully saturated rings. The largest absolute Gasteiger partial charge is 0.476 e. The van der Waals surface area contributed by atoms with Gasteiger partial charge >= 0.3 is 0 Å². The first-order valence-corrected chi connectivity index (χ1v) is 9.38. The molecule has 7 heteroatoms. The Morgan fingerprint density at radius 3 is 2.77 bits per heavy atom. The van der Waals surface area contributed by atoms with Crippen LogP contribution >= 0.6 is 0 Å². The zero-order valence-electron chi connectivity index (χ0n) is 15.8. The fraction of sp³-hybridized carbons (Fsp3) is 0.684. The van der Waals surface area contributed by atoms with Gasteiger partial charge < -0.3 is 15.0 Å². The summed E-state index contributed by atoms with van der Waals surface area (Å²) in [5, 5.41) is 11.1. The fourth-order valence-electron chi connectivity index (χ4n) is 3.40. The van der Waals surface area contributed by atoms with Crippen LogP contribution in [0.15, 0.2) is 12.1 Å². The highest BCUT2D eigenvalue weighted by Gasteiger charge is 2.36. The molecule has 2 unspecified atom stereocenters. The molecule has 0 radical (unpaired) electrons. The van der Waals surface area contributed by atoms with Crippen molar-refractivity contribution < 1.29 is 14.3 Å². The van der Waals surface area contributed by atoms with Gasteiger partial charge in [-0.05, 0) is 25.3 Å². The molecule has 2 amide bonds. The van der Waals surface area contributed by atoms with Crippen LogP contribution < -0.4 is 10.1 Å². The van der Waals surface area contributed by atoms with E-state index in [0.29, 0.717) is 38.5 Å². The minimum absolute atomic E-state index is 0.0384. The third-order valence-corrected chi connectivity index (χ3v) is 5.06. The Morgan fingerprint density at radius 1 is 1.31 bits per heavy atom. The lowest BCUT2D eigenvalue weighted by atomic mass is 9.92. The van der Waals surface area contributed by atoms with E-state index >= 15 is 0 Å². The number of nitrogens with zero attached hydrogens (tertiary/aromatic N) is 3. The van der Waals surface area contributed by atoms with E-state index in [1.165, 1.54) is 0 Å². The lowest BCUT2D eigenvalue weighted by Gasteiger charge is -2.26. The van der Waals surface area contributed by atoms with Crippen molar-refractivity contribution in [2.24, 2.45) is 11.8 Å². The molecule has 1 aromatic heterocycles. The predicted molar refractivity (Wildman–Crippen MR) is 96.6 cm³/mol. The SMILES string of the molecule is CC(C)(C)c1ccc(OCC2CCN(C(=O)C3CCCNC3=O)C2)nn1. The first-order valence-electron chi connectivity index (χ1n) is 9.38. The van der Waals surface area contributed by atoms with Crippen LogP contribution in [-0.2, 0) is 15.0 Å². The van der Waals surface area contributed by atoms with Gasteiger partial charge in [0, 0.05) is 37.0 Å². The number of likely N-dealkylation sites (tertiary alicyclic amines) is 1. The van der Waals surface area contributed by atoms with E-state index in [9.17, 15) is 9.59 Å². The average Bonchev–Trinajstić information content (AvgIpc) is 3.08. The second-order valence-corrected chi connectivity index (χ2v) is 8.24. The minimum Gasteiger partial charge on any atom is -0.476 e. The highest BCUT2D eigenvalue weighted by molar-refractivity contribution is 6.00. The van der Waals surface area contributed by atoms with Crippen molar-refractivity contribution in [3.05, 3.63) is 17.8 Å². The van der Waals surface area contributed by atoms with Gasteiger partial charge in [0.1, 0.15) is 5.92 Å². The summed E-state index contributed by atoms with van der Waals surface area (Å²) >= 11 is 0. The second kappa shape index (κ2) is 7.60. The molecular formula is C19H28N4O3. The number of aromatic nitrogens is 2. The van der Waals surface area contributed by atoms with E-state index < -0.39 is 5.92 Å². The number of ether oxygens (including phenoxy) is 1. The first-order chi connectivity index (χ1) is 12.3. The Hall–Kier alpha value is -2.18. The molecule has 0 spiro atoms. The van der Waals surface area contributed by atoms with Gasteiger partial charge in [0.25, 0.3) is 0 Å². The molecule has 0 saturated carbocycles. The van der Waals surface area contributed by atoms with Gasteiger partial charge in [-0.15, -0.1) is 5.10 Å². The Kier molecular flexibility index (Phi) is 5.44. The third kappa shape index (κ3) is 4.31. The summed E-state index contributed by atoms with van der Waals surface area (Å²) in [4.78, 5) is 26.3. The fourth-order valence-corrected chi connectivity index (χ4v) is 3.40. The van der Waals surface area contributed by atoms with Crippen LogP contribution in [0.5, 0.6) is 5.88 Å². The molecule has 2 aliphatic rings. The topological polar surface area (TPSA) is 84.4 Å². The number of carbonyl (C=O) groups is 2. The molecule has 3 heterocycles. The van der Waals surface area contributed by atoms with Crippen LogP contribution in [0.1, 0.15) is 45.7 Å². The van der Waals surface area contributed by atoms with Gasteiger partial charge in [-0.1, -0.05) is 20.8 Å². The van der Waals surface area contributed by atoms with E-state index in [2.05, 4.69) is 36.3 Å². The van der Waals surface area contributed by atoms with E-state index in [-0.39, 0.29) is 23.1 Å². The number of piperidine rings is 1. The molecule has 26 heavy (non-hydrogen) atoms. The van der Waals surface area contributed by atoms with Crippen molar-refractivity contribution in [3.63, 3.8) is 0 Å². The maximum absolute atomic E-state index is 12.6. The Bertz CT molecular complexity index is 654. The molecule has 7 nitrogen and oxygen atoms in total. The average molecular weight is 360 g/mol. The van der Waals surface area contributed by atoms with E-state index in [1.807, 2.05) is 12.1 Å². The van der Waals surface area contributed by atoms with Crippen LogP contribution in [-0.4, -0.2) is 53.2 Å². The zero-order chi connectivity index (χ0) is 18.7. The molecule has 2 saturated heterocycles. The van der Waals surface area contributed by atoms with Crippen molar-refractivity contribution in [3.8, 4) is 5.88 Å². The van der Waals surface area contributed by atoms with E-state index in [4.69, 9.17) is 4.74 Å². The molecule has 3 rings (SSSR count). The van der Waals surface area contributed by atoms with Gasteiger partial charge in [-0.2, -0.15) is 5.10 Å². The Balaban J connectivity index is 1.48. The minimum atomic E-state index is -0.515. The number of hydrogen-bond donors (Lipinski definition) is 1. The molecule has 0 aromatic carbocycles. The van der Waals surface area contributed by atoms with E-state index in [1.54, 1.807) is 4.90 Å². The van der Waals surface area contributed by atoms with Crippen LogP contribution in [0.3, 0.4) is 0 Å². The molecule has 142 valence electrons. The van der Waals surface area contributed by atoms with Crippen molar-refractivity contribution in [2.75, 3.05) is 26.2 Å². The summed E-state index contributed by atoms with van der Waals surface area (Å²) in [5.74, 6) is 0.0811. The number of amides is 2. The Labute approximate surface area is 154 Å². The van der Waals surface area contributed by atoms with Crippen LogP contribution in [0.25, 0.3) is 0 Å². The predicted octanol–water partition coefficient (Wildman–Crippen LogP) is 1.53. The highest BCUT2D eigenvalue weighted by Crippen LogP contribution is 2.23. The standard InChI is InChI=1S/C19H28N4O3/c1-19(2,3)15-6-7-16(22-21-15)26-12-13-8-10-23(11-13)18(25)14-5-4-9-20-17(14)24/h6-7,13-14H,4-5,8-12H2,1-3H3,(H,20,24). The summed E-state index contributed by atoms with van der Waals surface area (Å²) in [6, 6.07) is 3.78. The molecule has 0 bridgehead atoms. The normalized spacial score (nSPS) is 23.7. The molecule has 1 N–H and O–H groups in total. The molecule has 2 aliphatic heterocycles. The smallest absolute Gasteiger partial charge is 0.235 e. The summed E-state index contributed by atoms with van der Waals surface area (Å²) in [6.07, 6.45) is 2.40. The van der Waals surface area contributed by atoms with Gasteiger partial charge in [-0.25, -0.2) is 0 Å². The van der Waals surface area contributed by atoms with E-state index in [0.717, 1.165) is 18.5 Å². The summed E-state index contributed by atoms with van der Waals surface area (Å²) in [5.41, 5.74) is 0.886. The van der Waals surface area contributed by atoms with Crippen molar-refractivity contribution in [1.82, 2.24) is 20.4 Å². The summed E-state index contributed by atoms with van der Waals surface area (Å²) < 4.78 is 5.76. The highest BCUT2D eigenvalue weighted by atomic mass is 16.5. The maximum atomic E-state index is 12.6. The number of nitrogens with one attached hydrogen (secondary N) is 1. The molecular weight excluding hydrogens is 332 g/mol. The second-order valence-electron chi connectivity index (χ2n) is 8.24. The lowest BCUT2D eigenvalue weighted by Crippen LogP contribution is -2.46. The Morgan fingerprint density at radius 2 is 2.12 bits per heavy atom. The molecule has 2 atom stereocenters. The monoisotopic (exact) mass is 360 g/mol. The quantitative estimate of drug-likeness (QED) is 0.823. The molecule has 0 aliphatic carbocycles. The number of rotatable bonds is 4. The molecule has 1 aromatic rings. The summed E-state index contributed by atoms with van der Waals surface area (Å²) in [7, 11) is 0. The van der Waals surface area contributed by atoms with Gasteiger partial charge in [0.15, 0.2) is 0 Å². The van der Waals surface area contributed by atoms with Crippen molar-refractivity contribution in [1.29, 1.82) is 0 Å². The zero-order valence-corrected chi connectivity index (χ0v) is 15.8. The lowest BCUT2D eigenvalue weighted by molar-refractivity contribution is -0.142. The van der Waals surface area contributed by atoms with Crippen molar-refractivity contribution >= 4 is 11.8 Å². The summed E-state index contributed by atoms with van der Waals surface area (Å²) in [6.45, 7) is 8.77. The third-order valence-electron chi connectivity index (χ3n) is 5.06. The maximum Gasteiger partial charge on any atom is 0.235 e. The van der Waals surface area contributed by atoms with Crippen LogP contribution in [0, 0.1) is 11.8 Å². The first kappa shape index (κ1) is 18.6. The van der Waals surface area contributed by atoms with Crippen molar-refractivity contribution in [2.45, 2.75) is 45.4 Å². The van der Waals surface area contributed by atoms with Crippen LogP contribution in [0.4, 0.5) is 0 Å². The van der Waals surface area contributed by atoms with Gasteiger partial charge in [0.05, 0.1) is 12.3 Å². The number of hydrogen-bond acceptors (Lipinski definition) is 5.